The monoisotopic (exact) mass is 364 g/mol. The zero-order valence-electron chi connectivity index (χ0n) is 13.9. The molecule has 0 aliphatic rings. The number of nitrogens with one attached hydrogen (secondary N) is 1. The molecular weight excluding hydrogens is 348 g/mol. The van der Waals surface area contributed by atoms with Crippen LogP contribution >= 0.6 is 11.6 Å². The van der Waals surface area contributed by atoms with Gasteiger partial charge in [0.2, 0.25) is 0 Å². The number of benzene rings is 1. The maximum atomic E-state index is 12.2. The van der Waals surface area contributed by atoms with Crippen LogP contribution in [-0.4, -0.2) is 37.2 Å². The van der Waals surface area contributed by atoms with Crippen LogP contribution in [0.3, 0.4) is 0 Å². The Morgan fingerprint density at radius 2 is 1.84 bits per heavy atom. The zero-order valence-corrected chi connectivity index (χ0v) is 14.7. The Morgan fingerprint density at radius 3 is 2.48 bits per heavy atom. The molecule has 0 aliphatic heterocycles. The van der Waals surface area contributed by atoms with Gasteiger partial charge in [0.1, 0.15) is 5.69 Å². The third kappa shape index (κ3) is 4.84. The van der Waals surface area contributed by atoms with E-state index in [2.05, 4.69) is 10.3 Å². The zero-order chi connectivity index (χ0) is 18.4. The molecule has 0 bridgehead atoms. The second kappa shape index (κ2) is 8.34. The Morgan fingerprint density at radius 1 is 1.12 bits per heavy atom. The summed E-state index contributed by atoms with van der Waals surface area (Å²) in [5.74, 6) is -0.236. The number of methoxy groups -OCH3 is 2. The molecule has 0 aliphatic carbocycles. The molecule has 1 aromatic carbocycles. The molecule has 2 aromatic rings. The summed E-state index contributed by atoms with van der Waals surface area (Å²) >= 11 is 5.80. The summed E-state index contributed by atoms with van der Waals surface area (Å²) < 4.78 is 15.4. The molecule has 7 nitrogen and oxygen atoms in total. The van der Waals surface area contributed by atoms with E-state index in [1.165, 1.54) is 39.5 Å². The predicted molar refractivity (Wildman–Crippen MR) is 92.3 cm³/mol. The molecule has 1 amide bonds. The molecule has 0 saturated carbocycles. The Labute approximate surface area is 149 Å². The van der Waals surface area contributed by atoms with Crippen molar-refractivity contribution in [1.29, 1.82) is 0 Å². The van der Waals surface area contributed by atoms with Crippen LogP contribution in [0.15, 0.2) is 36.5 Å². The first kappa shape index (κ1) is 18.5. The fourth-order valence-electron chi connectivity index (χ4n) is 1.95. The standard InChI is InChI=1S/C17H17ClN2O5/c1-10(25-17(22)13-8-11(18)6-7-19-13)16(21)20-12-4-5-14(23-2)15(9-12)24-3/h4-10H,1-3H3,(H,20,21)/t10-/m1/s1. The molecule has 0 saturated heterocycles. The molecule has 0 spiro atoms. The summed E-state index contributed by atoms with van der Waals surface area (Å²) in [5, 5.41) is 2.99. The highest BCUT2D eigenvalue weighted by Crippen LogP contribution is 2.29. The van der Waals surface area contributed by atoms with Crippen molar-refractivity contribution < 1.29 is 23.8 Å². The lowest BCUT2D eigenvalue weighted by molar-refractivity contribution is -0.123. The predicted octanol–water partition coefficient (Wildman–Crippen LogP) is 2.94. The topological polar surface area (TPSA) is 86.8 Å². The maximum Gasteiger partial charge on any atom is 0.357 e. The van der Waals surface area contributed by atoms with Crippen LogP contribution in [0.25, 0.3) is 0 Å². The van der Waals surface area contributed by atoms with Crippen molar-refractivity contribution in [3.05, 3.63) is 47.2 Å². The minimum atomic E-state index is -1.03. The van der Waals surface area contributed by atoms with Gasteiger partial charge < -0.3 is 19.5 Å². The number of ether oxygens (including phenoxy) is 3. The Kier molecular flexibility index (Phi) is 6.19. The number of halogens is 1. The van der Waals surface area contributed by atoms with Gasteiger partial charge in [0.05, 0.1) is 14.2 Å². The van der Waals surface area contributed by atoms with E-state index in [1.807, 2.05) is 0 Å². The number of anilines is 1. The average Bonchev–Trinajstić information content (AvgIpc) is 2.61. The fraction of sp³-hybridized carbons (Fsp3) is 0.235. The maximum absolute atomic E-state index is 12.2. The number of rotatable bonds is 6. The normalized spacial score (nSPS) is 11.4. The van der Waals surface area contributed by atoms with E-state index in [1.54, 1.807) is 18.2 Å². The van der Waals surface area contributed by atoms with Crippen LogP contribution in [0.2, 0.25) is 5.02 Å². The van der Waals surface area contributed by atoms with Crippen LogP contribution in [0.5, 0.6) is 11.5 Å². The molecule has 0 radical (unpaired) electrons. The molecule has 0 unspecified atom stereocenters. The largest absolute Gasteiger partial charge is 0.493 e. The van der Waals surface area contributed by atoms with Gasteiger partial charge in [-0.3, -0.25) is 4.79 Å². The van der Waals surface area contributed by atoms with Gasteiger partial charge in [0, 0.05) is 23.0 Å². The average molecular weight is 365 g/mol. The molecule has 2 rings (SSSR count). The highest BCUT2D eigenvalue weighted by atomic mass is 35.5. The van der Waals surface area contributed by atoms with Gasteiger partial charge in [-0.15, -0.1) is 0 Å². The summed E-state index contributed by atoms with van der Waals surface area (Å²) in [7, 11) is 3.01. The molecule has 1 atom stereocenters. The van der Waals surface area contributed by atoms with E-state index in [4.69, 9.17) is 25.8 Å². The van der Waals surface area contributed by atoms with Crippen molar-refractivity contribution in [1.82, 2.24) is 4.98 Å². The van der Waals surface area contributed by atoms with Crippen molar-refractivity contribution in [3.63, 3.8) is 0 Å². The van der Waals surface area contributed by atoms with Crippen molar-refractivity contribution in [2.75, 3.05) is 19.5 Å². The Bertz CT molecular complexity index is 781. The van der Waals surface area contributed by atoms with Crippen LogP contribution in [0, 0.1) is 0 Å². The summed E-state index contributed by atoms with van der Waals surface area (Å²) in [6.45, 7) is 1.46. The van der Waals surface area contributed by atoms with Crippen molar-refractivity contribution >= 4 is 29.2 Å². The third-order valence-corrected chi connectivity index (χ3v) is 3.47. The van der Waals surface area contributed by atoms with Crippen molar-refractivity contribution in [3.8, 4) is 11.5 Å². The first-order chi connectivity index (χ1) is 11.9. The minimum Gasteiger partial charge on any atom is -0.493 e. The van der Waals surface area contributed by atoms with Gasteiger partial charge in [0.15, 0.2) is 17.6 Å². The van der Waals surface area contributed by atoms with Gasteiger partial charge >= 0.3 is 5.97 Å². The number of carbonyl (C=O) groups excluding carboxylic acids is 2. The molecule has 132 valence electrons. The molecule has 1 heterocycles. The number of pyridine rings is 1. The molecular formula is C17H17ClN2O5. The second-order valence-corrected chi connectivity index (χ2v) is 5.40. The molecule has 0 fully saturated rings. The molecule has 1 N–H and O–H groups in total. The Balaban J connectivity index is 2.01. The lowest BCUT2D eigenvalue weighted by atomic mass is 10.2. The number of amides is 1. The van der Waals surface area contributed by atoms with E-state index in [0.29, 0.717) is 22.2 Å². The number of hydrogen-bond donors (Lipinski definition) is 1. The molecule has 25 heavy (non-hydrogen) atoms. The first-order valence-electron chi connectivity index (χ1n) is 7.30. The lowest BCUT2D eigenvalue weighted by Gasteiger charge is -2.14. The quantitative estimate of drug-likeness (QED) is 0.793. The number of hydrogen-bond acceptors (Lipinski definition) is 6. The Hall–Kier alpha value is -2.80. The van der Waals surface area contributed by atoms with E-state index >= 15 is 0 Å². The van der Waals surface area contributed by atoms with E-state index in [-0.39, 0.29) is 5.69 Å². The number of nitrogens with zero attached hydrogens (tertiary/aromatic N) is 1. The molecule has 1 aromatic heterocycles. The fourth-order valence-corrected chi connectivity index (χ4v) is 2.11. The number of carbonyl (C=O) groups is 2. The van der Waals surface area contributed by atoms with Crippen LogP contribution in [0.4, 0.5) is 5.69 Å². The SMILES string of the molecule is COc1ccc(NC(=O)[C@@H](C)OC(=O)c2cc(Cl)ccn2)cc1OC. The van der Waals surface area contributed by atoms with E-state index in [0.717, 1.165) is 0 Å². The van der Waals surface area contributed by atoms with Crippen molar-refractivity contribution in [2.45, 2.75) is 13.0 Å². The van der Waals surface area contributed by atoms with Crippen LogP contribution in [0.1, 0.15) is 17.4 Å². The van der Waals surface area contributed by atoms with Gasteiger partial charge in [0.25, 0.3) is 5.91 Å². The highest BCUT2D eigenvalue weighted by molar-refractivity contribution is 6.30. The van der Waals surface area contributed by atoms with Gasteiger partial charge in [-0.25, -0.2) is 9.78 Å². The van der Waals surface area contributed by atoms with Crippen LogP contribution < -0.4 is 14.8 Å². The van der Waals surface area contributed by atoms with E-state index in [9.17, 15) is 9.59 Å². The van der Waals surface area contributed by atoms with Gasteiger partial charge in [-0.1, -0.05) is 11.6 Å². The first-order valence-corrected chi connectivity index (χ1v) is 7.67. The highest BCUT2D eigenvalue weighted by Gasteiger charge is 2.20. The number of esters is 1. The molecule has 8 heteroatoms. The van der Waals surface area contributed by atoms with Crippen molar-refractivity contribution in [2.24, 2.45) is 0 Å². The summed E-state index contributed by atoms with van der Waals surface area (Å²) in [6.07, 6.45) is 0.356. The smallest absolute Gasteiger partial charge is 0.357 e. The summed E-state index contributed by atoms with van der Waals surface area (Å²) in [5.41, 5.74) is 0.504. The second-order valence-electron chi connectivity index (χ2n) is 4.97. The lowest BCUT2D eigenvalue weighted by Crippen LogP contribution is -2.30. The number of aromatic nitrogens is 1. The summed E-state index contributed by atoms with van der Waals surface area (Å²) in [6, 6.07) is 7.80. The van der Waals surface area contributed by atoms with Gasteiger partial charge in [-0.2, -0.15) is 0 Å². The third-order valence-electron chi connectivity index (χ3n) is 3.24. The minimum absolute atomic E-state index is 0.0262. The summed E-state index contributed by atoms with van der Waals surface area (Å²) in [4.78, 5) is 28.0. The van der Waals surface area contributed by atoms with Gasteiger partial charge in [-0.05, 0) is 31.2 Å². The van der Waals surface area contributed by atoms with E-state index < -0.39 is 18.0 Å². The van der Waals surface area contributed by atoms with Crippen LogP contribution in [-0.2, 0) is 9.53 Å².